The molecule has 1 fully saturated rings. The zero-order valence-electron chi connectivity index (χ0n) is 10.8. The lowest BCUT2D eigenvalue weighted by molar-refractivity contribution is -0.154. The smallest absolute Gasteiger partial charge is 0.334 e. The first-order chi connectivity index (χ1) is 8.34. The molecule has 0 aliphatic carbocycles. The summed E-state index contributed by atoms with van der Waals surface area (Å²) in [6, 6.07) is 0. The van der Waals surface area contributed by atoms with Crippen LogP contribution in [0.5, 0.6) is 0 Å². The van der Waals surface area contributed by atoms with E-state index in [1.54, 1.807) is 6.92 Å². The largest absolute Gasteiger partial charge is 0.464 e. The molecule has 0 radical (unpaired) electrons. The molecule has 18 heavy (non-hydrogen) atoms. The van der Waals surface area contributed by atoms with Crippen LogP contribution in [0.25, 0.3) is 0 Å². The summed E-state index contributed by atoms with van der Waals surface area (Å²) in [6.07, 6.45) is 1.85. The molecule has 0 aromatic carbocycles. The third-order valence-corrected chi connectivity index (χ3v) is 4.34. The first-order valence-electron chi connectivity index (χ1n) is 6.14. The van der Waals surface area contributed by atoms with E-state index < -0.39 is 22.1 Å². The summed E-state index contributed by atoms with van der Waals surface area (Å²) in [5, 5.41) is 9.65. The maximum Gasteiger partial charge on any atom is 0.334 e. The molecular weight excluding hydrogens is 258 g/mol. The van der Waals surface area contributed by atoms with E-state index in [1.165, 1.54) is 10.6 Å². The van der Waals surface area contributed by atoms with Crippen molar-refractivity contribution < 1.29 is 23.1 Å². The van der Waals surface area contributed by atoms with Crippen molar-refractivity contribution in [1.82, 2.24) is 4.31 Å². The molecule has 1 saturated heterocycles. The fourth-order valence-electron chi connectivity index (χ4n) is 2.17. The highest BCUT2D eigenvalue weighted by molar-refractivity contribution is 7.88. The molecule has 1 rings (SSSR count). The molecular formula is C11H21NO5S. The summed E-state index contributed by atoms with van der Waals surface area (Å²) in [7, 11) is -3.19. The average molecular weight is 279 g/mol. The molecule has 0 aromatic rings. The molecule has 0 spiro atoms. The SMILES string of the molecule is CCOC(=O)C(O)CC1CCCN(S(C)(=O)=O)C1. The molecule has 0 aromatic heterocycles. The van der Waals surface area contributed by atoms with Crippen LogP contribution in [0.15, 0.2) is 0 Å². The number of piperidine rings is 1. The summed E-state index contributed by atoms with van der Waals surface area (Å²) in [4.78, 5) is 11.3. The number of carbonyl (C=O) groups is 1. The van der Waals surface area contributed by atoms with E-state index in [0.717, 1.165) is 12.8 Å². The van der Waals surface area contributed by atoms with Crippen LogP contribution in [0.3, 0.4) is 0 Å². The van der Waals surface area contributed by atoms with Crippen molar-refractivity contribution in [2.75, 3.05) is 26.0 Å². The van der Waals surface area contributed by atoms with Crippen LogP contribution < -0.4 is 0 Å². The van der Waals surface area contributed by atoms with Crippen molar-refractivity contribution in [3.8, 4) is 0 Å². The Bertz CT molecular complexity index is 381. The van der Waals surface area contributed by atoms with Crippen LogP contribution in [-0.2, 0) is 19.6 Å². The molecule has 7 heteroatoms. The van der Waals surface area contributed by atoms with Crippen LogP contribution in [0.4, 0.5) is 0 Å². The summed E-state index contributed by atoms with van der Waals surface area (Å²) in [5.41, 5.74) is 0. The summed E-state index contributed by atoms with van der Waals surface area (Å²) >= 11 is 0. The van der Waals surface area contributed by atoms with Crippen LogP contribution in [0.2, 0.25) is 0 Å². The fourth-order valence-corrected chi connectivity index (χ4v) is 3.11. The Kier molecular flexibility index (Phi) is 5.55. The van der Waals surface area contributed by atoms with Gasteiger partial charge in [-0.25, -0.2) is 17.5 Å². The molecule has 0 amide bonds. The van der Waals surface area contributed by atoms with Crippen molar-refractivity contribution in [3.05, 3.63) is 0 Å². The first-order valence-corrected chi connectivity index (χ1v) is 7.99. The minimum atomic E-state index is -3.19. The van der Waals surface area contributed by atoms with E-state index in [0.29, 0.717) is 13.1 Å². The van der Waals surface area contributed by atoms with Gasteiger partial charge in [-0.15, -0.1) is 0 Å². The monoisotopic (exact) mass is 279 g/mol. The quantitative estimate of drug-likeness (QED) is 0.715. The van der Waals surface area contributed by atoms with Gasteiger partial charge in [-0.3, -0.25) is 0 Å². The standard InChI is InChI=1S/C11H21NO5S/c1-3-17-11(14)10(13)7-9-5-4-6-12(8-9)18(2,15)16/h9-10,13H,3-8H2,1-2H3. The maximum atomic E-state index is 11.4. The number of carbonyl (C=O) groups excluding carboxylic acids is 1. The highest BCUT2D eigenvalue weighted by Gasteiger charge is 2.29. The van der Waals surface area contributed by atoms with Crippen molar-refractivity contribution in [2.45, 2.75) is 32.3 Å². The Morgan fingerprint density at radius 3 is 2.78 bits per heavy atom. The second kappa shape index (κ2) is 6.49. The van der Waals surface area contributed by atoms with Gasteiger partial charge in [0.1, 0.15) is 0 Å². The molecule has 1 aliphatic rings. The Morgan fingerprint density at radius 2 is 2.22 bits per heavy atom. The predicted octanol–water partition coefficient (Wildman–Crippen LogP) is -0.0279. The lowest BCUT2D eigenvalue weighted by atomic mass is 9.93. The number of rotatable bonds is 5. The zero-order chi connectivity index (χ0) is 13.8. The highest BCUT2D eigenvalue weighted by Crippen LogP contribution is 2.23. The van der Waals surface area contributed by atoms with Gasteiger partial charge in [0, 0.05) is 13.1 Å². The van der Waals surface area contributed by atoms with Gasteiger partial charge in [-0.2, -0.15) is 0 Å². The van der Waals surface area contributed by atoms with Gasteiger partial charge in [-0.1, -0.05) is 0 Å². The zero-order valence-corrected chi connectivity index (χ0v) is 11.6. The Hall–Kier alpha value is -0.660. The van der Waals surface area contributed by atoms with Gasteiger partial charge in [0.2, 0.25) is 10.0 Å². The molecule has 2 atom stereocenters. The van der Waals surface area contributed by atoms with Gasteiger partial charge in [0.25, 0.3) is 0 Å². The molecule has 6 nitrogen and oxygen atoms in total. The number of sulfonamides is 1. The second-order valence-corrected chi connectivity index (χ2v) is 6.62. The first kappa shape index (κ1) is 15.4. The van der Waals surface area contributed by atoms with E-state index in [2.05, 4.69) is 0 Å². The number of hydrogen-bond acceptors (Lipinski definition) is 5. The maximum absolute atomic E-state index is 11.4. The fraction of sp³-hybridized carbons (Fsp3) is 0.909. The van der Waals surface area contributed by atoms with E-state index >= 15 is 0 Å². The van der Waals surface area contributed by atoms with E-state index in [1.807, 2.05) is 0 Å². The Labute approximate surface area is 108 Å². The molecule has 1 heterocycles. The summed E-state index contributed by atoms with van der Waals surface area (Å²) < 4.78 is 29.0. The topological polar surface area (TPSA) is 83.9 Å². The predicted molar refractivity (Wildman–Crippen MR) is 66.4 cm³/mol. The van der Waals surface area contributed by atoms with Crippen molar-refractivity contribution in [2.24, 2.45) is 5.92 Å². The van der Waals surface area contributed by atoms with Crippen molar-refractivity contribution >= 4 is 16.0 Å². The third kappa shape index (κ3) is 4.55. The number of nitrogens with zero attached hydrogens (tertiary/aromatic N) is 1. The van der Waals surface area contributed by atoms with Gasteiger partial charge >= 0.3 is 5.97 Å². The number of esters is 1. The molecule has 1 aliphatic heterocycles. The number of aliphatic hydroxyl groups excluding tert-OH is 1. The molecule has 0 bridgehead atoms. The molecule has 1 N–H and O–H groups in total. The van der Waals surface area contributed by atoms with Gasteiger partial charge in [-0.05, 0) is 32.1 Å². The number of ether oxygens (including phenoxy) is 1. The Balaban J connectivity index is 2.50. The van der Waals surface area contributed by atoms with Gasteiger partial charge in [0.15, 0.2) is 6.10 Å². The van der Waals surface area contributed by atoms with Gasteiger partial charge < -0.3 is 9.84 Å². The van der Waals surface area contributed by atoms with Crippen LogP contribution in [0.1, 0.15) is 26.2 Å². The van der Waals surface area contributed by atoms with E-state index in [-0.39, 0.29) is 18.9 Å². The van der Waals surface area contributed by atoms with Crippen LogP contribution in [-0.4, -0.2) is 55.9 Å². The van der Waals surface area contributed by atoms with Crippen molar-refractivity contribution in [3.63, 3.8) is 0 Å². The molecule has 0 saturated carbocycles. The minimum absolute atomic E-state index is 0.00730. The van der Waals surface area contributed by atoms with Crippen LogP contribution in [0, 0.1) is 5.92 Å². The normalized spacial score (nSPS) is 23.6. The van der Waals surface area contributed by atoms with Crippen molar-refractivity contribution in [1.29, 1.82) is 0 Å². The van der Waals surface area contributed by atoms with E-state index in [4.69, 9.17) is 4.74 Å². The van der Waals surface area contributed by atoms with Crippen LogP contribution >= 0.6 is 0 Å². The Morgan fingerprint density at radius 1 is 1.56 bits per heavy atom. The number of aliphatic hydroxyl groups is 1. The second-order valence-electron chi connectivity index (χ2n) is 4.63. The minimum Gasteiger partial charge on any atom is -0.464 e. The third-order valence-electron chi connectivity index (χ3n) is 3.07. The highest BCUT2D eigenvalue weighted by atomic mass is 32.2. The lowest BCUT2D eigenvalue weighted by Crippen LogP contribution is -2.41. The van der Waals surface area contributed by atoms with E-state index in [9.17, 15) is 18.3 Å². The lowest BCUT2D eigenvalue weighted by Gasteiger charge is -2.31. The summed E-state index contributed by atoms with van der Waals surface area (Å²) in [6.45, 7) is 2.80. The summed E-state index contributed by atoms with van der Waals surface area (Å²) in [5.74, 6) is -0.623. The average Bonchev–Trinajstić information content (AvgIpc) is 2.28. The van der Waals surface area contributed by atoms with Gasteiger partial charge in [0.05, 0.1) is 12.9 Å². The molecule has 106 valence electrons. The number of hydrogen-bond donors (Lipinski definition) is 1. The molecule has 2 unspecified atom stereocenters.